The summed E-state index contributed by atoms with van der Waals surface area (Å²) >= 11 is 0. The molecular weight excluding hydrogens is 323 g/mol. The van der Waals surface area contributed by atoms with Gasteiger partial charge in [-0.05, 0) is 26.0 Å². The molecule has 1 aromatic carbocycles. The normalized spacial score (nSPS) is 22.7. The minimum Gasteiger partial charge on any atom is -0.373 e. The standard InChI is InChI=1S/C16H18F3N3O2/c1-10-7-22(8-11(2)23-10)9-14-20-15(21-24-14)12-3-5-13(6-4-12)16(17,18)19/h3-6,10-11H,7-9H2,1-2H3. The summed E-state index contributed by atoms with van der Waals surface area (Å²) in [6.45, 7) is 6.03. The molecule has 1 saturated heterocycles. The molecule has 0 saturated carbocycles. The second kappa shape index (κ2) is 6.52. The van der Waals surface area contributed by atoms with Crippen molar-refractivity contribution in [2.45, 2.75) is 38.8 Å². The molecule has 2 unspecified atom stereocenters. The summed E-state index contributed by atoms with van der Waals surface area (Å²) in [4.78, 5) is 6.43. The zero-order chi connectivity index (χ0) is 17.3. The lowest BCUT2D eigenvalue weighted by Gasteiger charge is -2.34. The average molecular weight is 341 g/mol. The summed E-state index contributed by atoms with van der Waals surface area (Å²) in [5.74, 6) is 0.722. The van der Waals surface area contributed by atoms with Crippen LogP contribution in [0.3, 0.4) is 0 Å². The van der Waals surface area contributed by atoms with Crippen molar-refractivity contribution in [3.05, 3.63) is 35.7 Å². The molecule has 1 aliphatic heterocycles. The van der Waals surface area contributed by atoms with Crippen LogP contribution in [0.4, 0.5) is 13.2 Å². The van der Waals surface area contributed by atoms with Crippen molar-refractivity contribution in [2.75, 3.05) is 13.1 Å². The van der Waals surface area contributed by atoms with Crippen molar-refractivity contribution < 1.29 is 22.4 Å². The van der Waals surface area contributed by atoms with E-state index in [-0.39, 0.29) is 18.0 Å². The Labute approximate surface area is 137 Å². The molecule has 0 aliphatic carbocycles. The van der Waals surface area contributed by atoms with Gasteiger partial charge in [-0.1, -0.05) is 17.3 Å². The first-order valence-corrected chi connectivity index (χ1v) is 7.69. The van der Waals surface area contributed by atoms with Gasteiger partial charge in [-0.15, -0.1) is 0 Å². The van der Waals surface area contributed by atoms with Gasteiger partial charge in [0.05, 0.1) is 24.3 Å². The van der Waals surface area contributed by atoms with Gasteiger partial charge in [0.15, 0.2) is 0 Å². The maximum atomic E-state index is 12.6. The van der Waals surface area contributed by atoms with Crippen LogP contribution in [0.2, 0.25) is 0 Å². The quantitative estimate of drug-likeness (QED) is 0.857. The van der Waals surface area contributed by atoms with Gasteiger partial charge in [-0.2, -0.15) is 18.2 Å². The van der Waals surface area contributed by atoms with Crippen molar-refractivity contribution >= 4 is 0 Å². The van der Waals surface area contributed by atoms with Crippen LogP contribution in [-0.4, -0.2) is 40.3 Å². The molecule has 0 radical (unpaired) electrons. The van der Waals surface area contributed by atoms with Crippen molar-refractivity contribution in [3.63, 3.8) is 0 Å². The van der Waals surface area contributed by atoms with Gasteiger partial charge in [0.25, 0.3) is 0 Å². The number of nitrogens with zero attached hydrogens (tertiary/aromatic N) is 3. The molecule has 1 aromatic heterocycles. The number of ether oxygens (including phenoxy) is 1. The van der Waals surface area contributed by atoms with E-state index in [1.54, 1.807) is 0 Å². The van der Waals surface area contributed by atoms with Crippen LogP contribution in [0.1, 0.15) is 25.3 Å². The van der Waals surface area contributed by atoms with Gasteiger partial charge in [0.1, 0.15) is 0 Å². The highest BCUT2D eigenvalue weighted by molar-refractivity contribution is 5.54. The van der Waals surface area contributed by atoms with Crippen molar-refractivity contribution in [3.8, 4) is 11.4 Å². The molecule has 0 bridgehead atoms. The van der Waals surface area contributed by atoms with Gasteiger partial charge in [0.2, 0.25) is 11.7 Å². The van der Waals surface area contributed by atoms with E-state index in [1.165, 1.54) is 12.1 Å². The third kappa shape index (κ3) is 3.93. The molecule has 2 heterocycles. The minimum atomic E-state index is -4.36. The third-order valence-corrected chi connectivity index (χ3v) is 3.79. The Kier molecular flexibility index (Phi) is 4.60. The maximum Gasteiger partial charge on any atom is 0.416 e. The van der Waals surface area contributed by atoms with E-state index in [0.29, 0.717) is 18.0 Å². The Bertz CT molecular complexity index is 675. The van der Waals surface area contributed by atoms with E-state index in [9.17, 15) is 13.2 Å². The summed E-state index contributed by atoms with van der Waals surface area (Å²) in [5, 5.41) is 3.86. The zero-order valence-corrected chi connectivity index (χ0v) is 13.4. The Hall–Kier alpha value is -1.93. The second-order valence-corrected chi connectivity index (χ2v) is 6.04. The molecule has 0 spiro atoms. The van der Waals surface area contributed by atoms with Crippen LogP contribution in [0.15, 0.2) is 28.8 Å². The summed E-state index contributed by atoms with van der Waals surface area (Å²) in [6.07, 6.45) is -4.10. The smallest absolute Gasteiger partial charge is 0.373 e. The summed E-state index contributed by atoms with van der Waals surface area (Å²) < 4.78 is 48.6. The van der Waals surface area contributed by atoms with Crippen molar-refractivity contribution in [1.82, 2.24) is 15.0 Å². The highest BCUT2D eigenvalue weighted by Gasteiger charge is 2.30. The SMILES string of the molecule is CC1CN(Cc2nc(-c3ccc(C(F)(F)F)cc3)no2)CC(C)O1. The summed E-state index contributed by atoms with van der Waals surface area (Å²) in [5.41, 5.74) is -0.215. The Balaban J connectivity index is 1.69. The molecule has 3 rings (SSSR count). The average Bonchev–Trinajstić information content (AvgIpc) is 2.94. The molecule has 1 fully saturated rings. The number of rotatable bonds is 3. The molecule has 24 heavy (non-hydrogen) atoms. The zero-order valence-electron chi connectivity index (χ0n) is 13.4. The van der Waals surface area contributed by atoms with E-state index in [2.05, 4.69) is 15.0 Å². The topological polar surface area (TPSA) is 51.4 Å². The molecular formula is C16H18F3N3O2. The number of alkyl halides is 3. The molecule has 1 aliphatic rings. The van der Waals surface area contributed by atoms with Crippen LogP contribution in [0, 0.1) is 0 Å². The van der Waals surface area contributed by atoms with Crippen LogP contribution in [0.5, 0.6) is 0 Å². The number of halogens is 3. The molecule has 2 aromatic rings. The minimum absolute atomic E-state index is 0.131. The fraction of sp³-hybridized carbons (Fsp3) is 0.500. The van der Waals surface area contributed by atoms with E-state index in [1.807, 2.05) is 13.8 Å². The predicted octanol–water partition coefficient (Wildman–Crippen LogP) is 3.36. The third-order valence-electron chi connectivity index (χ3n) is 3.79. The van der Waals surface area contributed by atoms with Gasteiger partial charge in [-0.25, -0.2) is 0 Å². The summed E-state index contributed by atoms with van der Waals surface area (Å²) in [6, 6.07) is 4.71. The monoisotopic (exact) mass is 341 g/mol. The van der Waals surface area contributed by atoms with Crippen LogP contribution < -0.4 is 0 Å². The predicted molar refractivity (Wildman–Crippen MR) is 80.0 cm³/mol. The first-order valence-electron chi connectivity index (χ1n) is 7.69. The lowest BCUT2D eigenvalue weighted by molar-refractivity contribution is -0.137. The van der Waals surface area contributed by atoms with Gasteiger partial charge < -0.3 is 9.26 Å². The van der Waals surface area contributed by atoms with E-state index in [4.69, 9.17) is 9.26 Å². The molecule has 5 nitrogen and oxygen atoms in total. The van der Waals surface area contributed by atoms with E-state index < -0.39 is 11.7 Å². The summed E-state index contributed by atoms with van der Waals surface area (Å²) in [7, 11) is 0. The van der Waals surface area contributed by atoms with Crippen molar-refractivity contribution in [1.29, 1.82) is 0 Å². The van der Waals surface area contributed by atoms with Gasteiger partial charge in [0, 0.05) is 18.7 Å². The first-order chi connectivity index (χ1) is 11.3. The Morgan fingerprint density at radius 2 is 1.75 bits per heavy atom. The Morgan fingerprint density at radius 1 is 1.12 bits per heavy atom. The highest BCUT2D eigenvalue weighted by atomic mass is 19.4. The largest absolute Gasteiger partial charge is 0.416 e. The molecule has 8 heteroatoms. The van der Waals surface area contributed by atoms with Crippen LogP contribution in [0.25, 0.3) is 11.4 Å². The molecule has 130 valence electrons. The van der Waals surface area contributed by atoms with E-state index >= 15 is 0 Å². The van der Waals surface area contributed by atoms with Crippen molar-refractivity contribution in [2.24, 2.45) is 0 Å². The maximum absolute atomic E-state index is 12.6. The lowest BCUT2D eigenvalue weighted by atomic mass is 10.1. The number of hydrogen-bond donors (Lipinski definition) is 0. The van der Waals surface area contributed by atoms with Crippen LogP contribution in [-0.2, 0) is 17.5 Å². The number of morpholine rings is 1. The fourth-order valence-corrected chi connectivity index (χ4v) is 2.85. The fourth-order valence-electron chi connectivity index (χ4n) is 2.85. The second-order valence-electron chi connectivity index (χ2n) is 6.04. The lowest BCUT2D eigenvalue weighted by Crippen LogP contribution is -2.44. The molecule has 2 atom stereocenters. The van der Waals surface area contributed by atoms with Crippen LogP contribution >= 0.6 is 0 Å². The Morgan fingerprint density at radius 3 is 2.33 bits per heavy atom. The van der Waals surface area contributed by atoms with Gasteiger partial charge >= 0.3 is 6.18 Å². The highest BCUT2D eigenvalue weighted by Crippen LogP contribution is 2.30. The number of benzene rings is 1. The number of aromatic nitrogens is 2. The van der Waals surface area contributed by atoms with Gasteiger partial charge in [-0.3, -0.25) is 4.90 Å². The number of hydrogen-bond acceptors (Lipinski definition) is 5. The molecule has 0 amide bonds. The van der Waals surface area contributed by atoms with E-state index in [0.717, 1.165) is 25.2 Å². The first kappa shape index (κ1) is 16.9. The molecule has 0 N–H and O–H groups in total.